The normalized spacial score (nSPS) is 12.5. The zero-order chi connectivity index (χ0) is 34.9. The third-order valence-electron chi connectivity index (χ3n) is 10.0. The van der Waals surface area contributed by atoms with Gasteiger partial charge in [0, 0.05) is 13.2 Å². The van der Waals surface area contributed by atoms with Crippen LogP contribution in [0.25, 0.3) is 0 Å². The van der Waals surface area contributed by atoms with Crippen LogP contribution in [0.4, 0.5) is 0 Å². The Hall–Kier alpha value is -0.350. The van der Waals surface area contributed by atoms with Gasteiger partial charge in [0.25, 0.3) is 0 Å². The van der Waals surface area contributed by atoms with Crippen LogP contribution in [-0.2, 0) is 9.47 Å². The van der Waals surface area contributed by atoms with E-state index in [1.54, 1.807) is 0 Å². The maximum atomic E-state index is 6.39. The van der Waals surface area contributed by atoms with Crippen LogP contribution in [0.1, 0.15) is 220 Å². The minimum Gasteiger partial charge on any atom is -0.379 e. The minimum atomic E-state index is 0. The van der Waals surface area contributed by atoms with Crippen molar-refractivity contribution in [1.29, 1.82) is 0 Å². The Labute approximate surface area is 316 Å². The molecule has 0 aliphatic rings. The molecule has 4 heteroatoms. The molecule has 0 saturated carbocycles. The lowest BCUT2D eigenvalue weighted by Crippen LogP contribution is -2.27. The second kappa shape index (κ2) is 45.7. The van der Waals surface area contributed by atoms with E-state index in [4.69, 9.17) is 9.47 Å². The molecule has 0 aliphatic carbocycles. The van der Waals surface area contributed by atoms with Crippen molar-refractivity contribution in [2.75, 3.05) is 39.5 Å². The Balaban J connectivity index is 0. The predicted octanol–water partition coefficient (Wildman–Crippen LogP) is 15.0. The Kier molecular flexibility index (Phi) is 47.3. The first-order chi connectivity index (χ1) is 23.8. The van der Waals surface area contributed by atoms with Crippen molar-refractivity contribution < 1.29 is 9.47 Å². The molecule has 1 atom stereocenters. The quantitative estimate of drug-likeness (QED) is 0.0465. The molecule has 0 heterocycles. The molecule has 0 N–H and O–H groups in total. The molecule has 294 valence electrons. The Morgan fingerprint density at radius 3 is 1.20 bits per heavy atom. The Morgan fingerprint density at radius 1 is 0.429 bits per heavy atom. The molecule has 0 aromatic carbocycles. The molecule has 0 rings (SSSR count). The van der Waals surface area contributed by atoms with Crippen LogP contribution in [0.2, 0.25) is 0 Å². The highest BCUT2D eigenvalue weighted by Crippen LogP contribution is 2.13. The summed E-state index contributed by atoms with van der Waals surface area (Å²) in [6.45, 7) is 15.1. The number of unbranched alkanes of at least 4 members (excludes halogenated alkanes) is 24. The highest BCUT2D eigenvalue weighted by atomic mass is 35.5. The summed E-state index contributed by atoms with van der Waals surface area (Å²) in [6, 6.07) is 0. The standard InChI is InChI=1S/C45H89NO2.ClH/c1-5-9-11-13-15-17-19-21-23-25-27-29-31-33-35-37-42-47-44-45(40-39-41-46(7-3)8-4)48-43-38-36-34-32-30-28-26-24-22-20-18-16-14-12-10-6-2;/h21-24,45H,5-20,25-44H2,1-4H3;1H/b23-21-,24-22-;. The van der Waals surface area contributed by atoms with E-state index in [0.717, 1.165) is 39.3 Å². The number of allylic oxidation sites excluding steroid dienone is 4. The fourth-order valence-corrected chi connectivity index (χ4v) is 6.56. The van der Waals surface area contributed by atoms with Gasteiger partial charge in [-0.15, -0.1) is 12.4 Å². The van der Waals surface area contributed by atoms with Crippen LogP contribution in [0.15, 0.2) is 24.3 Å². The van der Waals surface area contributed by atoms with Gasteiger partial charge in [0.05, 0.1) is 12.7 Å². The van der Waals surface area contributed by atoms with E-state index in [-0.39, 0.29) is 18.5 Å². The van der Waals surface area contributed by atoms with Gasteiger partial charge in [-0.2, -0.15) is 0 Å². The van der Waals surface area contributed by atoms with E-state index in [0.29, 0.717) is 0 Å². The molecule has 0 amide bonds. The summed E-state index contributed by atoms with van der Waals surface area (Å²) in [7, 11) is 0. The monoisotopic (exact) mass is 712 g/mol. The van der Waals surface area contributed by atoms with E-state index >= 15 is 0 Å². The topological polar surface area (TPSA) is 21.7 Å². The third kappa shape index (κ3) is 42.0. The van der Waals surface area contributed by atoms with Gasteiger partial charge in [-0.3, -0.25) is 0 Å². The number of nitrogens with zero attached hydrogens (tertiary/aromatic N) is 1. The number of hydrogen-bond acceptors (Lipinski definition) is 3. The first-order valence-electron chi connectivity index (χ1n) is 22.0. The van der Waals surface area contributed by atoms with Crippen molar-refractivity contribution >= 4 is 12.4 Å². The zero-order valence-corrected chi connectivity index (χ0v) is 34.8. The maximum Gasteiger partial charge on any atom is 0.0808 e. The molecule has 3 nitrogen and oxygen atoms in total. The van der Waals surface area contributed by atoms with Gasteiger partial charge in [-0.05, 0) is 96.7 Å². The van der Waals surface area contributed by atoms with Crippen molar-refractivity contribution in [2.24, 2.45) is 0 Å². The van der Waals surface area contributed by atoms with E-state index in [1.807, 2.05) is 0 Å². The highest BCUT2D eigenvalue weighted by Gasteiger charge is 2.11. The average Bonchev–Trinajstić information content (AvgIpc) is 3.10. The first kappa shape index (κ1) is 50.8. The molecule has 0 aliphatic heterocycles. The zero-order valence-electron chi connectivity index (χ0n) is 34.0. The lowest BCUT2D eigenvalue weighted by Gasteiger charge is -2.21. The van der Waals surface area contributed by atoms with E-state index < -0.39 is 0 Å². The molecule has 0 aromatic rings. The number of rotatable bonds is 41. The molecule has 1 unspecified atom stereocenters. The van der Waals surface area contributed by atoms with Crippen molar-refractivity contribution in [2.45, 2.75) is 226 Å². The molecule has 0 bridgehead atoms. The molecule has 0 fully saturated rings. The summed E-state index contributed by atoms with van der Waals surface area (Å²) >= 11 is 0. The summed E-state index contributed by atoms with van der Waals surface area (Å²) in [5, 5.41) is 0. The van der Waals surface area contributed by atoms with Gasteiger partial charge < -0.3 is 14.4 Å². The average molecular weight is 713 g/mol. The summed E-state index contributed by atoms with van der Waals surface area (Å²) in [4.78, 5) is 2.52. The first-order valence-corrected chi connectivity index (χ1v) is 22.0. The molecule has 0 saturated heterocycles. The van der Waals surface area contributed by atoms with Crippen molar-refractivity contribution in [3.63, 3.8) is 0 Å². The van der Waals surface area contributed by atoms with Crippen LogP contribution >= 0.6 is 12.4 Å². The lowest BCUT2D eigenvalue weighted by molar-refractivity contribution is -0.0241. The van der Waals surface area contributed by atoms with Crippen LogP contribution in [0.5, 0.6) is 0 Å². The molecule has 0 radical (unpaired) electrons. The molecule has 49 heavy (non-hydrogen) atoms. The fraction of sp³-hybridized carbons (Fsp3) is 0.911. The van der Waals surface area contributed by atoms with Crippen LogP contribution in [0, 0.1) is 0 Å². The SMILES string of the molecule is CCCCCCCC/C=C\CCCCCCCCOCC(CCCN(CC)CC)OCCCCCCCC/C=C\CCCCCCCC.Cl. The largest absolute Gasteiger partial charge is 0.379 e. The van der Waals surface area contributed by atoms with E-state index in [2.05, 4.69) is 56.9 Å². The molecule has 0 spiro atoms. The number of ether oxygens (including phenoxy) is 2. The van der Waals surface area contributed by atoms with Gasteiger partial charge >= 0.3 is 0 Å². The van der Waals surface area contributed by atoms with Gasteiger partial charge in [0.15, 0.2) is 0 Å². The molecular formula is C45H90ClNO2. The van der Waals surface area contributed by atoms with Gasteiger partial charge in [-0.25, -0.2) is 0 Å². The van der Waals surface area contributed by atoms with Crippen molar-refractivity contribution in [1.82, 2.24) is 4.90 Å². The van der Waals surface area contributed by atoms with Crippen molar-refractivity contribution in [3.8, 4) is 0 Å². The van der Waals surface area contributed by atoms with Gasteiger partial charge in [0.2, 0.25) is 0 Å². The second-order valence-electron chi connectivity index (χ2n) is 14.6. The van der Waals surface area contributed by atoms with Crippen LogP contribution < -0.4 is 0 Å². The molecule has 0 aromatic heterocycles. The summed E-state index contributed by atoms with van der Waals surface area (Å²) in [5.74, 6) is 0. The minimum absolute atomic E-state index is 0. The summed E-state index contributed by atoms with van der Waals surface area (Å²) in [5.41, 5.74) is 0. The Bertz CT molecular complexity index is 636. The lowest BCUT2D eigenvalue weighted by atomic mass is 10.1. The van der Waals surface area contributed by atoms with Crippen LogP contribution in [0.3, 0.4) is 0 Å². The molecular weight excluding hydrogens is 622 g/mol. The van der Waals surface area contributed by atoms with E-state index in [9.17, 15) is 0 Å². The summed E-state index contributed by atoms with van der Waals surface area (Å²) in [6.07, 6.45) is 50.1. The van der Waals surface area contributed by atoms with Gasteiger partial charge in [-0.1, -0.05) is 168 Å². The number of hydrogen-bond donors (Lipinski definition) is 0. The summed E-state index contributed by atoms with van der Waals surface area (Å²) < 4.78 is 12.5. The maximum absolute atomic E-state index is 6.39. The Morgan fingerprint density at radius 2 is 0.796 bits per heavy atom. The third-order valence-corrected chi connectivity index (χ3v) is 10.0. The predicted molar refractivity (Wildman–Crippen MR) is 224 cm³/mol. The van der Waals surface area contributed by atoms with Crippen molar-refractivity contribution in [3.05, 3.63) is 24.3 Å². The number of halogens is 1. The van der Waals surface area contributed by atoms with Crippen LogP contribution in [-0.4, -0.2) is 50.5 Å². The van der Waals surface area contributed by atoms with Gasteiger partial charge in [0.1, 0.15) is 0 Å². The fourth-order valence-electron chi connectivity index (χ4n) is 6.56. The smallest absolute Gasteiger partial charge is 0.0808 e. The van der Waals surface area contributed by atoms with E-state index in [1.165, 1.54) is 193 Å². The second-order valence-corrected chi connectivity index (χ2v) is 14.6. The highest BCUT2D eigenvalue weighted by molar-refractivity contribution is 5.85.